The quantitative estimate of drug-likeness (QED) is 0.880. The highest BCUT2D eigenvalue weighted by Crippen LogP contribution is 2.18. The second-order valence-electron chi connectivity index (χ2n) is 4.18. The number of aromatic nitrogens is 4. The van der Waals surface area contributed by atoms with E-state index in [2.05, 4.69) is 51.5 Å². The Kier molecular flexibility index (Phi) is 3.86. The van der Waals surface area contributed by atoms with Crippen molar-refractivity contribution in [2.24, 2.45) is 0 Å². The Morgan fingerprint density at radius 1 is 1.47 bits per heavy atom. The molecule has 2 rings (SSSR count). The minimum Gasteiger partial charge on any atom is -0.311 e. The van der Waals surface area contributed by atoms with Crippen molar-refractivity contribution in [3.63, 3.8) is 0 Å². The second kappa shape index (κ2) is 5.37. The highest BCUT2D eigenvalue weighted by atomic mass is 32.1. The van der Waals surface area contributed by atoms with Gasteiger partial charge in [0, 0.05) is 0 Å². The molecule has 5 nitrogen and oxygen atoms in total. The first-order chi connectivity index (χ1) is 8.22. The summed E-state index contributed by atoms with van der Waals surface area (Å²) in [6.45, 7) is 4.19. The van der Waals surface area contributed by atoms with Crippen LogP contribution in [0.1, 0.15) is 37.3 Å². The minimum absolute atomic E-state index is 0.162. The molecule has 2 unspecified atom stereocenters. The van der Waals surface area contributed by atoms with Crippen LogP contribution in [0.15, 0.2) is 16.8 Å². The van der Waals surface area contributed by atoms with Gasteiger partial charge in [-0.05, 0) is 60.1 Å². The zero-order valence-corrected chi connectivity index (χ0v) is 11.1. The first kappa shape index (κ1) is 12.2. The molecule has 2 aromatic heterocycles. The van der Waals surface area contributed by atoms with Crippen molar-refractivity contribution in [1.29, 1.82) is 0 Å². The Balaban J connectivity index is 2.14. The van der Waals surface area contributed by atoms with Gasteiger partial charge in [-0.1, -0.05) is 0 Å². The van der Waals surface area contributed by atoms with E-state index in [9.17, 15) is 0 Å². The van der Waals surface area contributed by atoms with E-state index in [1.807, 2.05) is 11.7 Å². The third-order valence-electron chi connectivity index (χ3n) is 2.87. The van der Waals surface area contributed by atoms with Crippen molar-refractivity contribution in [3.05, 3.63) is 28.2 Å². The summed E-state index contributed by atoms with van der Waals surface area (Å²) in [5, 5.41) is 19.4. The first-order valence-corrected chi connectivity index (χ1v) is 6.62. The summed E-state index contributed by atoms with van der Waals surface area (Å²) in [5.41, 5.74) is 1.33. The molecule has 0 aromatic carbocycles. The van der Waals surface area contributed by atoms with Crippen LogP contribution in [0, 0.1) is 0 Å². The minimum atomic E-state index is 0.162. The van der Waals surface area contributed by atoms with Crippen molar-refractivity contribution in [3.8, 4) is 0 Å². The molecule has 2 heterocycles. The fraction of sp³-hybridized carbons (Fsp3) is 0.545. The van der Waals surface area contributed by atoms with E-state index in [1.165, 1.54) is 5.56 Å². The molecule has 0 saturated carbocycles. The third-order valence-corrected chi connectivity index (χ3v) is 3.60. The molecule has 0 bridgehead atoms. The zero-order valence-electron chi connectivity index (χ0n) is 10.3. The van der Waals surface area contributed by atoms with Crippen LogP contribution in [0.5, 0.6) is 0 Å². The van der Waals surface area contributed by atoms with E-state index in [1.54, 1.807) is 11.3 Å². The van der Waals surface area contributed by atoms with Crippen molar-refractivity contribution in [1.82, 2.24) is 25.5 Å². The highest BCUT2D eigenvalue weighted by Gasteiger charge is 2.17. The SMILES string of the molecule is CNC(C)c1nnnn1C(C)Cc1ccsc1. The van der Waals surface area contributed by atoms with Gasteiger partial charge in [0.2, 0.25) is 0 Å². The normalized spacial score (nSPS) is 14.8. The van der Waals surface area contributed by atoms with Crippen LogP contribution >= 0.6 is 11.3 Å². The van der Waals surface area contributed by atoms with Gasteiger partial charge in [-0.3, -0.25) is 0 Å². The molecule has 0 aliphatic heterocycles. The van der Waals surface area contributed by atoms with E-state index in [0.717, 1.165) is 12.2 Å². The Hall–Kier alpha value is -1.27. The van der Waals surface area contributed by atoms with Crippen molar-refractivity contribution in [2.75, 3.05) is 7.05 Å². The molecule has 0 aliphatic rings. The molecule has 0 spiro atoms. The number of nitrogens with one attached hydrogen (secondary N) is 1. The molecular weight excluding hydrogens is 234 g/mol. The smallest absolute Gasteiger partial charge is 0.168 e. The van der Waals surface area contributed by atoms with Crippen LogP contribution in [0.25, 0.3) is 0 Å². The number of tetrazole rings is 1. The van der Waals surface area contributed by atoms with Crippen LogP contribution in [0.4, 0.5) is 0 Å². The fourth-order valence-electron chi connectivity index (χ4n) is 1.76. The second-order valence-corrected chi connectivity index (χ2v) is 4.96. The van der Waals surface area contributed by atoms with E-state index >= 15 is 0 Å². The van der Waals surface area contributed by atoms with Crippen LogP contribution in [-0.2, 0) is 6.42 Å². The Morgan fingerprint density at radius 2 is 2.29 bits per heavy atom. The first-order valence-electron chi connectivity index (χ1n) is 5.68. The molecule has 0 aliphatic carbocycles. The zero-order chi connectivity index (χ0) is 12.3. The van der Waals surface area contributed by atoms with Crippen molar-refractivity contribution in [2.45, 2.75) is 32.4 Å². The highest BCUT2D eigenvalue weighted by molar-refractivity contribution is 7.07. The predicted molar refractivity (Wildman–Crippen MR) is 68.0 cm³/mol. The van der Waals surface area contributed by atoms with E-state index < -0.39 is 0 Å². The van der Waals surface area contributed by atoms with Gasteiger partial charge in [0.1, 0.15) is 0 Å². The Bertz CT molecular complexity index is 450. The van der Waals surface area contributed by atoms with E-state index in [0.29, 0.717) is 0 Å². The van der Waals surface area contributed by atoms with Gasteiger partial charge >= 0.3 is 0 Å². The van der Waals surface area contributed by atoms with Gasteiger partial charge in [-0.25, -0.2) is 4.68 Å². The lowest BCUT2D eigenvalue weighted by Gasteiger charge is -2.15. The van der Waals surface area contributed by atoms with Gasteiger partial charge in [-0.2, -0.15) is 11.3 Å². The molecule has 2 aromatic rings. The standard InChI is InChI=1S/C11H17N5S/c1-8(6-10-4-5-17-7-10)16-11(9(2)12-3)13-14-15-16/h4-5,7-9,12H,6H2,1-3H3. The monoisotopic (exact) mass is 251 g/mol. The van der Waals surface area contributed by atoms with Crippen LogP contribution < -0.4 is 5.32 Å². The molecule has 0 radical (unpaired) electrons. The van der Waals surface area contributed by atoms with Gasteiger partial charge < -0.3 is 5.32 Å². The maximum atomic E-state index is 4.08. The molecule has 17 heavy (non-hydrogen) atoms. The van der Waals surface area contributed by atoms with Crippen LogP contribution in [-0.4, -0.2) is 27.3 Å². The predicted octanol–water partition coefficient (Wildman–Crippen LogP) is 1.82. The molecule has 0 fully saturated rings. The lowest BCUT2D eigenvalue weighted by molar-refractivity contribution is 0.434. The lowest BCUT2D eigenvalue weighted by Crippen LogP contribution is -2.21. The average Bonchev–Trinajstić information content (AvgIpc) is 2.97. The van der Waals surface area contributed by atoms with Gasteiger partial charge in [0.25, 0.3) is 0 Å². The van der Waals surface area contributed by atoms with Crippen LogP contribution in [0.3, 0.4) is 0 Å². The maximum absolute atomic E-state index is 4.08. The number of hydrogen-bond donors (Lipinski definition) is 1. The maximum Gasteiger partial charge on any atom is 0.168 e. The number of rotatable bonds is 5. The van der Waals surface area contributed by atoms with Crippen molar-refractivity contribution >= 4 is 11.3 Å². The number of nitrogens with zero attached hydrogens (tertiary/aromatic N) is 4. The summed E-state index contributed by atoms with van der Waals surface area (Å²) >= 11 is 1.72. The van der Waals surface area contributed by atoms with E-state index in [4.69, 9.17) is 0 Å². The van der Waals surface area contributed by atoms with E-state index in [-0.39, 0.29) is 12.1 Å². The summed E-state index contributed by atoms with van der Waals surface area (Å²) in [7, 11) is 1.91. The number of hydrogen-bond acceptors (Lipinski definition) is 5. The molecule has 92 valence electrons. The van der Waals surface area contributed by atoms with Gasteiger partial charge in [0.05, 0.1) is 12.1 Å². The Morgan fingerprint density at radius 3 is 2.94 bits per heavy atom. The third kappa shape index (κ3) is 2.70. The molecular formula is C11H17N5S. The van der Waals surface area contributed by atoms with Gasteiger partial charge in [0.15, 0.2) is 5.82 Å². The summed E-state index contributed by atoms with van der Waals surface area (Å²) in [4.78, 5) is 0. The molecule has 2 atom stereocenters. The molecule has 0 saturated heterocycles. The van der Waals surface area contributed by atoms with Gasteiger partial charge in [-0.15, -0.1) is 5.10 Å². The number of thiophene rings is 1. The molecule has 1 N–H and O–H groups in total. The summed E-state index contributed by atoms with van der Waals surface area (Å²) < 4.78 is 1.90. The van der Waals surface area contributed by atoms with Crippen molar-refractivity contribution < 1.29 is 0 Å². The lowest BCUT2D eigenvalue weighted by atomic mass is 10.1. The Labute approximate surface area is 105 Å². The molecule has 0 amide bonds. The summed E-state index contributed by atoms with van der Waals surface area (Å²) in [6.07, 6.45) is 0.956. The largest absolute Gasteiger partial charge is 0.311 e. The fourth-order valence-corrected chi connectivity index (χ4v) is 2.45. The summed E-state index contributed by atoms with van der Waals surface area (Å²) in [5.74, 6) is 0.884. The summed E-state index contributed by atoms with van der Waals surface area (Å²) in [6, 6.07) is 2.58. The average molecular weight is 251 g/mol. The molecule has 6 heteroatoms. The van der Waals surface area contributed by atoms with Crippen LogP contribution in [0.2, 0.25) is 0 Å². The topological polar surface area (TPSA) is 55.6 Å².